The Kier molecular flexibility index (Phi) is 4.87. The van der Waals surface area contributed by atoms with E-state index in [1.165, 1.54) is 0 Å². The zero-order valence-corrected chi connectivity index (χ0v) is 11.4. The second-order valence-corrected chi connectivity index (χ2v) is 5.18. The molecule has 1 atom stereocenters. The maximum atomic E-state index is 12.0. The molecular weight excluding hydrogens is 240 g/mol. The van der Waals surface area contributed by atoms with Crippen LogP contribution in [0.5, 0.6) is 0 Å². The Morgan fingerprint density at radius 1 is 1.47 bits per heavy atom. The highest BCUT2D eigenvalue weighted by molar-refractivity contribution is 5.78. The van der Waals surface area contributed by atoms with E-state index in [-0.39, 0.29) is 11.9 Å². The summed E-state index contributed by atoms with van der Waals surface area (Å²) < 4.78 is 0. The highest BCUT2D eigenvalue weighted by atomic mass is 16.2. The molecule has 0 aliphatic carbocycles. The van der Waals surface area contributed by atoms with Crippen LogP contribution in [0.3, 0.4) is 0 Å². The predicted octanol–water partition coefficient (Wildman–Crippen LogP) is 0.682. The molecule has 1 aromatic heterocycles. The number of amides is 1. The van der Waals surface area contributed by atoms with Crippen LogP contribution in [0.2, 0.25) is 0 Å². The van der Waals surface area contributed by atoms with Gasteiger partial charge in [0.2, 0.25) is 5.91 Å². The van der Waals surface area contributed by atoms with Gasteiger partial charge in [0, 0.05) is 31.5 Å². The molecule has 1 aromatic rings. The van der Waals surface area contributed by atoms with Crippen molar-refractivity contribution in [2.75, 3.05) is 19.6 Å². The monoisotopic (exact) mass is 262 g/mol. The second-order valence-electron chi connectivity index (χ2n) is 5.18. The van der Waals surface area contributed by atoms with Crippen LogP contribution in [0.4, 0.5) is 0 Å². The minimum atomic E-state index is 0.0162. The maximum absolute atomic E-state index is 12.0. The highest BCUT2D eigenvalue weighted by Crippen LogP contribution is 2.11. The standard InChI is InChI=1S/C14H22N4O/c1-11(12-2-6-16-7-3-12)17-14(19)10-18-8-4-13(15)5-9-18/h2-3,6-7,11,13H,4-5,8-10,15H2,1H3,(H,17,19)/t11-/m1/s1. The van der Waals surface area contributed by atoms with E-state index in [1.54, 1.807) is 12.4 Å². The van der Waals surface area contributed by atoms with Crippen LogP contribution in [-0.4, -0.2) is 41.5 Å². The number of nitrogens with two attached hydrogens (primary N) is 1. The Labute approximate surface area is 114 Å². The van der Waals surface area contributed by atoms with Crippen molar-refractivity contribution in [3.63, 3.8) is 0 Å². The molecular formula is C14H22N4O. The lowest BCUT2D eigenvalue weighted by atomic mass is 10.1. The third-order valence-electron chi connectivity index (χ3n) is 3.58. The molecule has 0 saturated carbocycles. The first kappa shape index (κ1) is 14.0. The predicted molar refractivity (Wildman–Crippen MR) is 74.4 cm³/mol. The van der Waals surface area contributed by atoms with E-state index in [9.17, 15) is 4.79 Å². The minimum Gasteiger partial charge on any atom is -0.348 e. The van der Waals surface area contributed by atoms with Gasteiger partial charge in [-0.25, -0.2) is 0 Å². The van der Waals surface area contributed by atoms with Crippen LogP contribution in [-0.2, 0) is 4.79 Å². The van der Waals surface area contributed by atoms with Crippen LogP contribution in [0.15, 0.2) is 24.5 Å². The quantitative estimate of drug-likeness (QED) is 0.837. The number of pyridine rings is 1. The Morgan fingerprint density at radius 3 is 2.74 bits per heavy atom. The number of carbonyl (C=O) groups excluding carboxylic acids is 1. The normalized spacial score (nSPS) is 19.1. The van der Waals surface area contributed by atoms with Gasteiger partial charge < -0.3 is 11.1 Å². The van der Waals surface area contributed by atoms with Gasteiger partial charge >= 0.3 is 0 Å². The van der Waals surface area contributed by atoms with E-state index in [1.807, 2.05) is 19.1 Å². The smallest absolute Gasteiger partial charge is 0.234 e. The highest BCUT2D eigenvalue weighted by Gasteiger charge is 2.19. The van der Waals surface area contributed by atoms with Crippen molar-refractivity contribution in [3.8, 4) is 0 Å². The van der Waals surface area contributed by atoms with Gasteiger partial charge in [0.15, 0.2) is 0 Å². The number of rotatable bonds is 4. The number of nitrogens with one attached hydrogen (secondary N) is 1. The molecule has 2 heterocycles. The van der Waals surface area contributed by atoms with Crippen molar-refractivity contribution in [2.45, 2.75) is 31.8 Å². The summed E-state index contributed by atoms with van der Waals surface area (Å²) in [5.74, 6) is 0.0692. The Hall–Kier alpha value is -1.46. The van der Waals surface area contributed by atoms with Crippen LogP contribution in [0, 0.1) is 0 Å². The summed E-state index contributed by atoms with van der Waals surface area (Å²) in [5.41, 5.74) is 6.92. The maximum Gasteiger partial charge on any atom is 0.234 e. The minimum absolute atomic E-state index is 0.0162. The summed E-state index contributed by atoms with van der Waals surface area (Å²) in [4.78, 5) is 18.1. The average molecular weight is 262 g/mol. The van der Waals surface area contributed by atoms with Gasteiger partial charge in [0.05, 0.1) is 12.6 Å². The SMILES string of the molecule is C[C@@H](NC(=O)CN1CCC(N)CC1)c1ccncc1. The summed E-state index contributed by atoms with van der Waals surface area (Å²) >= 11 is 0. The number of aromatic nitrogens is 1. The molecule has 104 valence electrons. The molecule has 1 aliphatic rings. The van der Waals surface area contributed by atoms with E-state index in [0.717, 1.165) is 31.5 Å². The van der Waals surface area contributed by atoms with E-state index >= 15 is 0 Å². The summed E-state index contributed by atoms with van der Waals surface area (Å²) in [6.07, 6.45) is 5.44. The van der Waals surface area contributed by atoms with Gasteiger partial charge in [-0.3, -0.25) is 14.7 Å². The first-order valence-electron chi connectivity index (χ1n) is 6.82. The fourth-order valence-corrected chi connectivity index (χ4v) is 2.34. The number of hydrogen-bond acceptors (Lipinski definition) is 4. The Morgan fingerprint density at radius 2 is 2.11 bits per heavy atom. The van der Waals surface area contributed by atoms with E-state index in [2.05, 4.69) is 15.2 Å². The molecule has 0 bridgehead atoms. The zero-order chi connectivity index (χ0) is 13.7. The lowest BCUT2D eigenvalue weighted by Gasteiger charge is -2.29. The van der Waals surface area contributed by atoms with Crippen LogP contribution >= 0.6 is 0 Å². The average Bonchev–Trinajstić information content (AvgIpc) is 2.42. The van der Waals surface area contributed by atoms with E-state index in [0.29, 0.717) is 12.6 Å². The first-order chi connectivity index (χ1) is 9.15. The molecule has 1 fully saturated rings. The van der Waals surface area contributed by atoms with Gasteiger partial charge in [-0.2, -0.15) is 0 Å². The lowest BCUT2D eigenvalue weighted by Crippen LogP contribution is -2.44. The largest absolute Gasteiger partial charge is 0.348 e. The molecule has 0 radical (unpaired) electrons. The van der Waals surface area contributed by atoms with Crippen molar-refractivity contribution >= 4 is 5.91 Å². The third kappa shape index (κ3) is 4.29. The molecule has 19 heavy (non-hydrogen) atoms. The van der Waals surface area contributed by atoms with Crippen molar-refractivity contribution in [1.82, 2.24) is 15.2 Å². The molecule has 0 spiro atoms. The number of nitrogens with zero attached hydrogens (tertiary/aromatic N) is 2. The van der Waals surface area contributed by atoms with Gasteiger partial charge in [0.25, 0.3) is 0 Å². The Balaban J connectivity index is 1.78. The van der Waals surface area contributed by atoms with Crippen LogP contribution in [0.1, 0.15) is 31.4 Å². The molecule has 1 aliphatic heterocycles. The van der Waals surface area contributed by atoms with Gasteiger partial charge in [-0.15, -0.1) is 0 Å². The zero-order valence-electron chi connectivity index (χ0n) is 11.4. The number of piperidine rings is 1. The van der Waals surface area contributed by atoms with E-state index < -0.39 is 0 Å². The molecule has 1 saturated heterocycles. The van der Waals surface area contributed by atoms with E-state index in [4.69, 9.17) is 5.73 Å². The van der Waals surface area contributed by atoms with Crippen molar-refractivity contribution in [2.24, 2.45) is 5.73 Å². The number of carbonyl (C=O) groups is 1. The molecule has 2 rings (SSSR count). The summed E-state index contributed by atoms with van der Waals surface area (Å²) in [6.45, 7) is 4.28. The molecule has 5 heteroatoms. The molecule has 0 unspecified atom stereocenters. The summed E-state index contributed by atoms with van der Waals surface area (Å²) in [6, 6.07) is 4.16. The van der Waals surface area contributed by atoms with Gasteiger partial charge in [-0.1, -0.05) is 0 Å². The molecule has 5 nitrogen and oxygen atoms in total. The second kappa shape index (κ2) is 6.63. The Bertz CT molecular complexity index is 401. The fraction of sp³-hybridized carbons (Fsp3) is 0.571. The van der Waals surface area contributed by atoms with Crippen LogP contribution in [0.25, 0.3) is 0 Å². The molecule has 3 N–H and O–H groups in total. The first-order valence-corrected chi connectivity index (χ1v) is 6.82. The molecule has 1 amide bonds. The van der Waals surface area contributed by atoms with Gasteiger partial charge in [0.1, 0.15) is 0 Å². The summed E-state index contributed by atoms with van der Waals surface area (Å²) in [7, 11) is 0. The number of hydrogen-bond donors (Lipinski definition) is 2. The summed E-state index contributed by atoms with van der Waals surface area (Å²) in [5, 5.41) is 3.02. The topological polar surface area (TPSA) is 71.2 Å². The van der Waals surface area contributed by atoms with Crippen molar-refractivity contribution in [3.05, 3.63) is 30.1 Å². The number of likely N-dealkylation sites (tertiary alicyclic amines) is 1. The van der Waals surface area contributed by atoms with Crippen LogP contribution < -0.4 is 11.1 Å². The molecule has 0 aromatic carbocycles. The van der Waals surface area contributed by atoms with Gasteiger partial charge in [-0.05, 0) is 37.5 Å². The van der Waals surface area contributed by atoms with Crippen molar-refractivity contribution < 1.29 is 4.79 Å². The lowest BCUT2D eigenvalue weighted by molar-refractivity contribution is -0.123. The third-order valence-corrected chi connectivity index (χ3v) is 3.58. The fourth-order valence-electron chi connectivity index (χ4n) is 2.34. The van der Waals surface area contributed by atoms with Crippen molar-refractivity contribution in [1.29, 1.82) is 0 Å².